The van der Waals surface area contributed by atoms with Crippen LogP contribution in [0, 0.1) is 0 Å². The summed E-state index contributed by atoms with van der Waals surface area (Å²) in [6.45, 7) is 5.21. The van der Waals surface area contributed by atoms with Crippen LogP contribution in [-0.4, -0.2) is 31.9 Å². The van der Waals surface area contributed by atoms with Gasteiger partial charge in [-0.15, -0.1) is 0 Å². The van der Waals surface area contributed by atoms with Crippen LogP contribution in [0.1, 0.15) is 31.7 Å². The maximum absolute atomic E-state index is 5.89. The molecule has 3 rings (SSSR count). The second-order valence-electron chi connectivity index (χ2n) is 5.29. The Morgan fingerprint density at radius 2 is 2.10 bits per heavy atom. The summed E-state index contributed by atoms with van der Waals surface area (Å²) in [6.07, 6.45) is 3.06. The lowest BCUT2D eigenvalue weighted by atomic mass is 10.0. The van der Waals surface area contributed by atoms with Crippen LogP contribution in [0.15, 0.2) is 29.3 Å². The molecule has 0 bridgehead atoms. The van der Waals surface area contributed by atoms with Crippen molar-refractivity contribution >= 4 is 11.7 Å². The highest BCUT2D eigenvalue weighted by atomic mass is 16.5. The lowest BCUT2D eigenvalue weighted by Gasteiger charge is -2.38. The quantitative estimate of drug-likeness (QED) is 0.849. The van der Waals surface area contributed by atoms with Crippen molar-refractivity contribution in [3.8, 4) is 0 Å². The highest BCUT2D eigenvalue weighted by Gasteiger charge is 2.30. The number of fused-ring (bicyclic) bond motifs is 1. The van der Waals surface area contributed by atoms with E-state index in [-0.39, 0.29) is 0 Å². The fourth-order valence-corrected chi connectivity index (χ4v) is 2.82. The van der Waals surface area contributed by atoms with Crippen molar-refractivity contribution < 1.29 is 9.47 Å². The first-order chi connectivity index (χ1) is 9.90. The van der Waals surface area contributed by atoms with Crippen molar-refractivity contribution in [2.45, 2.75) is 38.8 Å². The highest BCUT2D eigenvalue weighted by Crippen LogP contribution is 2.31. The van der Waals surface area contributed by atoms with Gasteiger partial charge in [0.15, 0.2) is 0 Å². The molecule has 0 radical (unpaired) electrons. The summed E-state index contributed by atoms with van der Waals surface area (Å²) in [5, 5.41) is 0. The number of nitrogens with zero attached hydrogens (tertiary/aromatic N) is 2. The van der Waals surface area contributed by atoms with E-state index in [0.717, 1.165) is 51.6 Å². The van der Waals surface area contributed by atoms with Gasteiger partial charge < -0.3 is 9.47 Å². The molecule has 0 aliphatic carbocycles. The van der Waals surface area contributed by atoms with E-state index >= 15 is 0 Å². The predicted octanol–water partition coefficient (Wildman–Crippen LogP) is 2.97. The molecule has 0 spiro atoms. The van der Waals surface area contributed by atoms with Crippen molar-refractivity contribution in [1.82, 2.24) is 0 Å². The van der Waals surface area contributed by atoms with Crippen LogP contribution in [0.2, 0.25) is 0 Å². The summed E-state index contributed by atoms with van der Waals surface area (Å²) in [6, 6.07) is 9.72. The Balaban J connectivity index is 1.89. The monoisotopic (exact) mass is 274 g/mol. The summed E-state index contributed by atoms with van der Waals surface area (Å²) in [7, 11) is 0. The number of hydrogen-bond acceptors (Lipinski definition) is 4. The average molecular weight is 274 g/mol. The van der Waals surface area contributed by atoms with E-state index in [0.29, 0.717) is 6.04 Å². The van der Waals surface area contributed by atoms with Crippen LogP contribution in [0.5, 0.6) is 0 Å². The predicted molar refractivity (Wildman–Crippen MR) is 80.1 cm³/mol. The van der Waals surface area contributed by atoms with Crippen molar-refractivity contribution in [1.29, 1.82) is 0 Å². The fourth-order valence-electron chi connectivity index (χ4n) is 2.82. The van der Waals surface area contributed by atoms with Gasteiger partial charge in [-0.1, -0.05) is 25.1 Å². The number of benzene rings is 1. The van der Waals surface area contributed by atoms with E-state index in [1.165, 1.54) is 11.3 Å². The summed E-state index contributed by atoms with van der Waals surface area (Å²) < 4.78 is 11.4. The van der Waals surface area contributed by atoms with E-state index in [2.05, 4.69) is 41.1 Å². The number of ether oxygens (including phenoxy) is 2. The van der Waals surface area contributed by atoms with Gasteiger partial charge in [-0.25, -0.2) is 4.99 Å². The highest BCUT2D eigenvalue weighted by molar-refractivity contribution is 5.94. The van der Waals surface area contributed by atoms with Crippen molar-refractivity contribution in [2.75, 3.05) is 24.7 Å². The third kappa shape index (κ3) is 2.66. The normalized spacial score (nSPS) is 19.4. The number of aliphatic imine (C=N–C) groups is 1. The molecule has 0 amide bonds. The topological polar surface area (TPSA) is 34.1 Å². The zero-order valence-electron chi connectivity index (χ0n) is 12.0. The Labute approximate surface area is 120 Å². The van der Waals surface area contributed by atoms with Gasteiger partial charge in [0, 0.05) is 19.3 Å². The molecular weight excluding hydrogens is 252 g/mol. The zero-order chi connectivity index (χ0) is 13.8. The molecule has 2 aliphatic heterocycles. The van der Waals surface area contributed by atoms with Gasteiger partial charge in [-0.2, -0.15) is 0 Å². The van der Waals surface area contributed by atoms with Crippen molar-refractivity contribution in [3.05, 3.63) is 29.8 Å². The maximum atomic E-state index is 5.89. The molecule has 2 aliphatic rings. The summed E-state index contributed by atoms with van der Waals surface area (Å²) in [4.78, 5) is 6.93. The molecule has 0 N–H and O–H groups in total. The van der Waals surface area contributed by atoms with Gasteiger partial charge in [0.05, 0.1) is 18.8 Å². The molecule has 0 unspecified atom stereocenters. The number of amidine groups is 1. The summed E-state index contributed by atoms with van der Waals surface area (Å²) >= 11 is 0. The van der Waals surface area contributed by atoms with Crippen LogP contribution >= 0.6 is 0 Å². The first-order valence-electron chi connectivity index (χ1n) is 7.52. The van der Waals surface area contributed by atoms with Crippen molar-refractivity contribution in [3.63, 3.8) is 0 Å². The summed E-state index contributed by atoms with van der Waals surface area (Å²) in [5.74, 6) is 0. The molecule has 1 aromatic rings. The molecule has 108 valence electrons. The number of anilines is 1. The molecule has 2 heterocycles. The maximum Gasteiger partial charge on any atom is 0.292 e. The summed E-state index contributed by atoms with van der Waals surface area (Å²) in [5.41, 5.74) is 2.53. The van der Waals surface area contributed by atoms with E-state index in [4.69, 9.17) is 9.47 Å². The van der Waals surface area contributed by atoms with Gasteiger partial charge in [0.2, 0.25) is 0 Å². The van der Waals surface area contributed by atoms with E-state index in [1.54, 1.807) is 0 Å². The average Bonchev–Trinajstić information content (AvgIpc) is 2.53. The SMILES string of the molecule is CCCOC1=NCc2ccccc2N1C1CCOCC1. The Morgan fingerprint density at radius 3 is 2.90 bits per heavy atom. The van der Waals surface area contributed by atoms with E-state index in [9.17, 15) is 0 Å². The lowest BCUT2D eigenvalue weighted by molar-refractivity contribution is 0.0856. The van der Waals surface area contributed by atoms with Gasteiger partial charge in [0.25, 0.3) is 6.02 Å². The Hall–Kier alpha value is -1.55. The molecule has 4 heteroatoms. The molecule has 0 saturated carbocycles. The van der Waals surface area contributed by atoms with Gasteiger partial charge in [-0.05, 0) is 30.9 Å². The lowest BCUT2D eigenvalue weighted by Crippen LogP contribution is -2.46. The van der Waals surface area contributed by atoms with Crippen LogP contribution in [0.25, 0.3) is 0 Å². The first kappa shape index (κ1) is 13.4. The third-order valence-corrected chi connectivity index (χ3v) is 3.83. The molecule has 20 heavy (non-hydrogen) atoms. The van der Waals surface area contributed by atoms with Crippen LogP contribution in [-0.2, 0) is 16.0 Å². The van der Waals surface area contributed by atoms with Crippen LogP contribution in [0.3, 0.4) is 0 Å². The number of rotatable bonds is 3. The smallest absolute Gasteiger partial charge is 0.292 e. The standard InChI is InChI=1S/C16H22N2O2/c1-2-9-20-16-17-12-13-5-3-4-6-15(13)18(16)14-7-10-19-11-8-14/h3-6,14H,2,7-12H2,1H3. The van der Waals surface area contributed by atoms with Gasteiger partial charge in [0.1, 0.15) is 0 Å². The zero-order valence-corrected chi connectivity index (χ0v) is 12.0. The van der Waals surface area contributed by atoms with E-state index in [1.807, 2.05) is 0 Å². The Kier molecular flexibility index (Phi) is 4.21. The molecule has 0 aromatic heterocycles. The minimum Gasteiger partial charge on any atom is -0.465 e. The fraction of sp³-hybridized carbons (Fsp3) is 0.562. The van der Waals surface area contributed by atoms with Gasteiger partial charge in [-0.3, -0.25) is 4.90 Å². The first-order valence-corrected chi connectivity index (χ1v) is 7.52. The molecule has 4 nitrogen and oxygen atoms in total. The molecule has 0 atom stereocenters. The second-order valence-corrected chi connectivity index (χ2v) is 5.29. The Bertz CT molecular complexity index is 481. The number of para-hydroxylation sites is 1. The van der Waals surface area contributed by atoms with Crippen LogP contribution < -0.4 is 4.90 Å². The molecule has 1 aromatic carbocycles. The Morgan fingerprint density at radius 1 is 1.30 bits per heavy atom. The molecule has 1 fully saturated rings. The minimum atomic E-state index is 0.431. The van der Waals surface area contributed by atoms with Crippen molar-refractivity contribution in [2.24, 2.45) is 4.99 Å². The van der Waals surface area contributed by atoms with Gasteiger partial charge >= 0.3 is 0 Å². The van der Waals surface area contributed by atoms with Crippen LogP contribution in [0.4, 0.5) is 5.69 Å². The number of hydrogen-bond donors (Lipinski definition) is 0. The largest absolute Gasteiger partial charge is 0.465 e. The van der Waals surface area contributed by atoms with E-state index < -0.39 is 0 Å². The third-order valence-electron chi connectivity index (χ3n) is 3.83. The minimum absolute atomic E-state index is 0.431. The molecule has 1 saturated heterocycles. The second kappa shape index (κ2) is 6.27. The molecular formula is C16H22N2O2.